The van der Waals surface area contributed by atoms with E-state index in [1.807, 2.05) is 0 Å². The van der Waals surface area contributed by atoms with E-state index in [0.29, 0.717) is 22.8 Å². The van der Waals surface area contributed by atoms with E-state index >= 15 is 0 Å². The van der Waals surface area contributed by atoms with Crippen LogP contribution in [0.5, 0.6) is 17.2 Å². The van der Waals surface area contributed by atoms with Gasteiger partial charge in [0.05, 0.1) is 34.0 Å². The number of aromatic amines is 1. The Hall–Kier alpha value is -3.21. The largest absolute Gasteiger partial charge is 0.493 e. The average molecular weight is 394 g/mol. The fourth-order valence-electron chi connectivity index (χ4n) is 2.22. The highest BCUT2D eigenvalue weighted by atomic mass is 32.1. The van der Waals surface area contributed by atoms with Crippen molar-refractivity contribution in [1.82, 2.24) is 14.9 Å². The highest BCUT2D eigenvalue weighted by molar-refractivity contribution is 7.71. The molecule has 27 heavy (non-hydrogen) atoms. The Morgan fingerprint density at radius 2 is 1.93 bits per heavy atom. The van der Waals surface area contributed by atoms with Gasteiger partial charge in [0.1, 0.15) is 5.69 Å². The first-order valence-corrected chi connectivity index (χ1v) is 8.08. The summed E-state index contributed by atoms with van der Waals surface area (Å²) in [6.07, 6.45) is 1.11. The second kappa shape index (κ2) is 8.94. The molecule has 2 rings (SSSR count). The summed E-state index contributed by atoms with van der Waals surface area (Å²) in [5.74, 6) is 0.234. The van der Waals surface area contributed by atoms with Gasteiger partial charge in [0.25, 0.3) is 5.56 Å². The summed E-state index contributed by atoms with van der Waals surface area (Å²) in [7, 11) is 4.45. The van der Waals surface area contributed by atoms with E-state index in [-0.39, 0.29) is 23.3 Å². The molecule has 2 aromatic rings. The number of aliphatic carboxylic acids is 1. The number of nitrogens with one attached hydrogen (secondary N) is 1. The van der Waals surface area contributed by atoms with E-state index < -0.39 is 11.5 Å². The predicted molar refractivity (Wildman–Crippen MR) is 98.7 cm³/mol. The molecule has 0 unspecified atom stereocenters. The zero-order valence-electron chi connectivity index (χ0n) is 14.9. The number of hydrogen-bond acceptors (Lipinski definition) is 8. The van der Waals surface area contributed by atoms with Crippen LogP contribution in [0.25, 0.3) is 0 Å². The highest BCUT2D eigenvalue weighted by Crippen LogP contribution is 2.37. The monoisotopic (exact) mass is 394 g/mol. The molecule has 144 valence electrons. The summed E-state index contributed by atoms with van der Waals surface area (Å²) < 4.78 is 16.7. The Kier molecular flexibility index (Phi) is 6.66. The van der Waals surface area contributed by atoms with Crippen LogP contribution >= 0.6 is 12.2 Å². The number of carbonyl (C=O) groups is 1. The third kappa shape index (κ3) is 4.70. The Bertz CT molecular complexity index is 957. The minimum atomic E-state index is -1.04. The SMILES string of the molecule is COc1cc(/C=N\n2c(=S)[nH]nc(CCC(=O)O)c2=O)cc(OC)c1OC. The van der Waals surface area contributed by atoms with E-state index in [1.54, 1.807) is 12.1 Å². The Labute approximate surface area is 159 Å². The number of aryl methyl sites for hydroxylation is 1. The second-order valence-corrected chi connectivity index (χ2v) is 5.58. The first-order valence-electron chi connectivity index (χ1n) is 7.68. The van der Waals surface area contributed by atoms with Crippen LogP contribution < -0.4 is 19.8 Å². The molecule has 0 aliphatic carbocycles. The van der Waals surface area contributed by atoms with E-state index in [1.165, 1.54) is 27.5 Å². The first-order chi connectivity index (χ1) is 12.9. The van der Waals surface area contributed by atoms with Gasteiger partial charge in [0.15, 0.2) is 11.5 Å². The normalized spacial score (nSPS) is 10.8. The maximum absolute atomic E-state index is 12.4. The Morgan fingerprint density at radius 3 is 2.44 bits per heavy atom. The van der Waals surface area contributed by atoms with Gasteiger partial charge in [-0.05, 0) is 24.4 Å². The van der Waals surface area contributed by atoms with Gasteiger partial charge in [0, 0.05) is 12.0 Å². The zero-order chi connectivity index (χ0) is 20.0. The van der Waals surface area contributed by atoms with Crippen molar-refractivity contribution in [2.75, 3.05) is 21.3 Å². The van der Waals surface area contributed by atoms with Gasteiger partial charge in [-0.3, -0.25) is 14.7 Å². The summed E-state index contributed by atoms with van der Waals surface area (Å²) >= 11 is 5.03. The average Bonchev–Trinajstić information content (AvgIpc) is 2.66. The maximum atomic E-state index is 12.4. The smallest absolute Gasteiger partial charge is 0.303 e. The molecule has 1 aromatic carbocycles. The lowest BCUT2D eigenvalue weighted by molar-refractivity contribution is -0.136. The molecule has 0 fully saturated rings. The van der Waals surface area contributed by atoms with E-state index in [2.05, 4.69) is 15.3 Å². The predicted octanol–water partition coefficient (Wildman–Crippen LogP) is 1.23. The summed E-state index contributed by atoms with van der Waals surface area (Å²) in [4.78, 5) is 23.1. The third-order valence-corrected chi connectivity index (χ3v) is 3.77. The lowest BCUT2D eigenvalue weighted by Crippen LogP contribution is -2.25. The minimum Gasteiger partial charge on any atom is -0.493 e. The molecule has 0 bridgehead atoms. The van der Waals surface area contributed by atoms with Gasteiger partial charge in [-0.2, -0.15) is 14.9 Å². The lowest BCUT2D eigenvalue weighted by atomic mass is 10.2. The summed E-state index contributed by atoms with van der Waals surface area (Å²) in [6.45, 7) is 0. The summed E-state index contributed by atoms with van der Waals surface area (Å²) in [5.41, 5.74) is -0.00793. The molecule has 0 spiro atoms. The van der Waals surface area contributed by atoms with Crippen LogP contribution in [0, 0.1) is 4.77 Å². The molecule has 1 aromatic heterocycles. The minimum absolute atomic E-state index is 0.0213. The topological polar surface area (TPSA) is 128 Å². The molecule has 11 heteroatoms. The molecule has 0 saturated heterocycles. The van der Waals surface area contributed by atoms with Crippen molar-refractivity contribution in [3.63, 3.8) is 0 Å². The van der Waals surface area contributed by atoms with Crippen molar-refractivity contribution in [2.45, 2.75) is 12.8 Å². The van der Waals surface area contributed by atoms with Gasteiger partial charge < -0.3 is 19.3 Å². The number of rotatable bonds is 8. The van der Waals surface area contributed by atoms with Gasteiger partial charge in [-0.1, -0.05) is 0 Å². The number of hydrogen-bond donors (Lipinski definition) is 2. The van der Waals surface area contributed by atoms with Crippen LogP contribution in [0.4, 0.5) is 0 Å². The first kappa shape index (κ1) is 20.1. The van der Waals surface area contributed by atoms with Crippen LogP contribution in [-0.4, -0.2) is 53.5 Å². The van der Waals surface area contributed by atoms with Gasteiger partial charge >= 0.3 is 5.97 Å². The number of H-pyrrole nitrogens is 1. The molecule has 0 aliphatic rings. The summed E-state index contributed by atoms with van der Waals surface area (Å²) in [6, 6.07) is 3.30. The lowest BCUT2D eigenvalue weighted by Gasteiger charge is -2.12. The number of methoxy groups -OCH3 is 3. The number of nitrogens with zero attached hydrogens (tertiary/aromatic N) is 3. The second-order valence-electron chi connectivity index (χ2n) is 5.19. The third-order valence-electron chi connectivity index (χ3n) is 3.50. The Balaban J connectivity index is 2.43. The molecule has 0 saturated carbocycles. The quantitative estimate of drug-likeness (QED) is 0.505. The van der Waals surface area contributed by atoms with E-state index in [0.717, 1.165) is 4.68 Å². The van der Waals surface area contributed by atoms with Crippen molar-refractivity contribution >= 4 is 24.4 Å². The van der Waals surface area contributed by atoms with Crippen molar-refractivity contribution < 1.29 is 24.1 Å². The molecule has 0 aliphatic heterocycles. The number of carboxylic acids is 1. The van der Waals surface area contributed by atoms with Crippen LogP contribution in [0.3, 0.4) is 0 Å². The zero-order valence-corrected chi connectivity index (χ0v) is 15.7. The fourth-order valence-corrected chi connectivity index (χ4v) is 2.39. The van der Waals surface area contributed by atoms with Crippen LogP contribution in [0.15, 0.2) is 22.0 Å². The Morgan fingerprint density at radius 1 is 1.30 bits per heavy atom. The maximum Gasteiger partial charge on any atom is 0.303 e. The van der Waals surface area contributed by atoms with Crippen molar-refractivity contribution in [3.8, 4) is 17.2 Å². The molecule has 0 radical (unpaired) electrons. The number of carboxylic acid groups (broad SMARTS) is 1. The standard InChI is InChI=1S/C16H18N4O6S/c1-24-11-6-9(7-12(25-2)14(11)26-3)8-17-20-15(23)10(4-5-13(21)22)18-19-16(20)27/h6-8H,4-5H2,1-3H3,(H,19,27)(H,21,22)/b17-8-. The number of ether oxygens (including phenoxy) is 3. The van der Waals surface area contributed by atoms with Crippen molar-refractivity contribution in [1.29, 1.82) is 0 Å². The number of benzene rings is 1. The highest BCUT2D eigenvalue weighted by Gasteiger charge is 2.13. The van der Waals surface area contributed by atoms with Crippen LogP contribution in [0.2, 0.25) is 0 Å². The molecular formula is C16H18N4O6S. The molecular weight excluding hydrogens is 376 g/mol. The fraction of sp³-hybridized carbons (Fsp3) is 0.312. The molecule has 2 N–H and O–H groups in total. The molecule has 10 nitrogen and oxygen atoms in total. The van der Waals surface area contributed by atoms with Crippen LogP contribution in [0.1, 0.15) is 17.7 Å². The van der Waals surface area contributed by atoms with E-state index in [9.17, 15) is 9.59 Å². The van der Waals surface area contributed by atoms with Crippen LogP contribution in [-0.2, 0) is 11.2 Å². The van der Waals surface area contributed by atoms with E-state index in [4.69, 9.17) is 31.5 Å². The summed E-state index contributed by atoms with van der Waals surface area (Å²) in [5, 5.41) is 19.1. The van der Waals surface area contributed by atoms with Gasteiger partial charge in [0.2, 0.25) is 10.5 Å². The van der Waals surface area contributed by atoms with Gasteiger partial charge in [-0.15, -0.1) is 0 Å². The van der Waals surface area contributed by atoms with Gasteiger partial charge in [-0.25, -0.2) is 0 Å². The van der Waals surface area contributed by atoms with Crippen molar-refractivity contribution in [3.05, 3.63) is 38.5 Å². The molecule has 1 heterocycles. The number of aromatic nitrogens is 3. The van der Waals surface area contributed by atoms with Crippen molar-refractivity contribution in [2.24, 2.45) is 5.10 Å². The molecule has 0 amide bonds. The molecule has 0 atom stereocenters.